The summed E-state index contributed by atoms with van der Waals surface area (Å²) in [4.78, 5) is 0. The third-order valence-electron chi connectivity index (χ3n) is 7.75. The number of benzene rings is 5. The molecule has 1 aliphatic rings. The molecule has 4 atom stereocenters. The van der Waals surface area contributed by atoms with E-state index in [9.17, 15) is 0 Å². The molecule has 1 aliphatic heterocycles. The number of rotatable bonds is 12. The molecule has 0 bridgehead atoms. The second-order valence-corrected chi connectivity index (χ2v) is 17.0. The number of hydrogen-bond donors (Lipinski definition) is 1. The van der Waals surface area contributed by atoms with Gasteiger partial charge in [-0.15, -0.1) is 0 Å². The second-order valence-electron chi connectivity index (χ2n) is 10.9. The Bertz CT molecular complexity index is 1530. The third-order valence-corrected chi connectivity index (χ3v) is 15.5. The maximum atomic E-state index is 2.79. The molecule has 0 amide bonds. The van der Waals surface area contributed by atoms with E-state index in [-0.39, 0.29) is 0 Å². The number of nitrogens with one attached hydrogen (secondary N) is 1. The Morgan fingerprint density at radius 3 is 1.66 bits per heavy atom. The lowest BCUT2D eigenvalue weighted by atomic mass is 10.1. The fourth-order valence-corrected chi connectivity index (χ4v) is 15.2. The zero-order chi connectivity index (χ0) is 30.0. The summed E-state index contributed by atoms with van der Waals surface area (Å²) in [5.41, 5.74) is 3.84. The first-order valence-corrected chi connectivity index (χ1v) is 19.2. The van der Waals surface area contributed by atoms with Gasteiger partial charge in [-0.1, -0.05) is 136 Å². The van der Waals surface area contributed by atoms with E-state index in [1.165, 1.54) is 64.3 Å². The smallest absolute Gasteiger partial charge is 0.261 e. The van der Waals surface area contributed by atoms with Gasteiger partial charge in [-0.2, -0.15) is 4.55 Å². The topological polar surface area (TPSA) is 14.2 Å². The maximum Gasteiger partial charge on any atom is 0.278 e. The SMILES string of the molecule is CCCCCCCN(c1ccccc1)[NH+]1PN(c2ccccc2)P(c2ccccc2)N(c2ccccc2)P1c1ccccc1. The highest BCUT2D eigenvalue weighted by atomic mass is 31.2. The van der Waals surface area contributed by atoms with E-state index in [2.05, 4.69) is 172 Å². The molecule has 0 radical (unpaired) electrons. The Morgan fingerprint density at radius 2 is 1.07 bits per heavy atom. The minimum atomic E-state index is -0.890. The van der Waals surface area contributed by atoms with Crippen molar-refractivity contribution in [2.75, 3.05) is 20.4 Å². The van der Waals surface area contributed by atoms with Crippen LogP contribution in [0, 0.1) is 0 Å². The van der Waals surface area contributed by atoms with Crippen LogP contribution in [-0.4, -0.2) is 6.54 Å². The van der Waals surface area contributed by atoms with Gasteiger partial charge >= 0.3 is 0 Å². The summed E-state index contributed by atoms with van der Waals surface area (Å²) in [6.45, 7) is 3.32. The molecule has 0 spiro atoms. The first kappa shape index (κ1) is 30.8. The van der Waals surface area contributed by atoms with Gasteiger partial charge in [0.1, 0.15) is 8.22 Å². The average Bonchev–Trinajstić information content (AvgIpc) is 3.11. The Kier molecular flexibility index (Phi) is 10.9. The summed E-state index contributed by atoms with van der Waals surface area (Å²) in [6.07, 6.45) is 6.33. The number of hydrogen-bond acceptors (Lipinski definition) is 3. The maximum absolute atomic E-state index is 2.79. The Balaban J connectivity index is 1.54. The minimum Gasteiger partial charge on any atom is -0.261 e. The zero-order valence-corrected chi connectivity index (χ0v) is 28.2. The Morgan fingerprint density at radius 1 is 0.568 bits per heavy atom. The highest BCUT2D eigenvalue weighted by molar-refractivity contribution is 7.89. The third kappa shape index (κ3) is 7.17. The molecule has 5 aromatic carbocycles. The quantitative estimate of drug-likeness (QED) is 0.109. The van der Waals surface area contributed by atoms with Gasteiger partial charge in [-0.3, -0.25) is 8.88 Å². The fourth-order valence-electron chi connectivity index (χ4n) is 5.58. The lowest BCUT2D eigenvalue weighted by Crippen LogP contribution is -3.10. The average molecular weight is 636 g/mol. The molecule has 5 aromatic rings. The first-order chi connectivity index (χ1) is 21.8. The molecule has 1 fully saturated rings. The van der Waals surface area contributed by atoms with Crippen molar-refractivity contribution in [3.05, 3.63) is 152 Å². The predicted octanol–water partition coefficient (Wildman–Crippen LogP) is 9.07. The number of para-hydroxylation sites is 3. The normalized spacial score (nSPS) is 18.8. The van der Waals surface area contributed by atoms with Crippen molar-refractivity contribution in [3.8, 4) is 0 Å². The van der Waals surface area contributed by atoms with Crippen LogP contribution in [0.1, 0.15) is 39.0 Å². The fraction of sp³-hybridized carbons (Fsp3) is 0.189. The van der Waals surface area contributed by atoms with Crippen molar-refractivity contribution >= 4 is 53.0 Å². The molecule has 4 unspecified atom stereocenters. The molecule has 0 saturated carbocycles. The van der Waals surface area contributed by atoms with E-state index >= 15 is 0 Å². The molecular weight excluding hydrogens is 593 g/mol. The van der Waals surface area contributed by atoms with Crippen LogP contribution in [-0.2, 0) is 0 Å². The molecule has 1 heterocycles. The summed E-state index contributed by atoms with van der Waals surface area (Å²) in [7, 11) is -1.24. The minimum absolute atomic E-state index is 0.514. The Hall–Kier alpha value is -3.25. The van der Waals surface area contributed by atoms with Crippen LogP contribution in [0.4, 0.5) is 17.1 Å². The number of anilines is 3. The van der Waals surface area contributed by atoms with Gasteiger partial charge in [0, 0.05) is 5.30 Å². The highest BCUT2D eigenvalue weighted by Gasteiger charge is 2.50. The van der Waals surface area contributed by atoms with Crippen molar-refractivity contribution in [1.29, 1.82) is 0 Å². The van der Waals surface area contributed by atoms with E-state index in [1.54, 1.807) is 0 Å². The molecule has 4 nitrogen and oxygen atoms in total. The molecule has 6 rings (SSSR count). The highest BCUT2D eigenvalue weighted by Crippen LogP contribution is 2.64. The van der Waals surface area contributed by atoms with Crippen LogP contribution < -0.4 is 29.0 Å². The standard InChI is InChI=1S/C37H41N4P3/c1-2-3-4-5-21-32-38(33-22-11-6-12-23-33)41-42-39(34-24-13-7-14-25-34)43(36-28-17-9-18-29-36)40(35-26-15-8-16-27-35)44(41)37-30-19-10-20-31-37/h6-20,22-31,42H,2-5,21,32H2,1H3/p+1. The molecule has 1 saturated heterocycles. The van der Waals surface area contributed by atoms with E-state index < -0.39 is 16.4 Å². The molecular formula is C37H42N4P3+. The molecule has 224 valence electrons. The monoisotopic (exact) mass is 635 g/mol. The van der Waals surface area contributed by atoms with Crippen LogP contribution >= 0.6 is 25.3 Å². The van der Waals surface area contributed by atoms with Crippen LogP contribution in [0.3, 0.4) is 0 Å². The van der Waals surface area contributed by atoms with Crippen molar-refractivity contribution in [3.63, 3.8) is 0 Å². The van der Waals surface area contributed by atoms with Crippen LogP contribution in [0.25, 0.3) is 0 Å². The van der Waals surface area contributed by atoms with E-state index in [4.69, 9.17) is 0 Å². The summed E-state index contributed by atoms with van der Waals surface area (Å²) in [5.74, 6) is 0. The molecule has 1 N–H and O–H groups in total. The van der Waals surface area contributed by atoms with E-state index in [0.29, 0.717) is 8.88 Å². The second kappa shape index (κ2) is 15.7. The molecule has 44 heavy (non-hydrogen) atoms. The Labute approximate surface area is 267 Å². The van der Waals surface area contributed by atoms with Gasteiger partial charge in [0.2, 0.25) is 8.88 Å². The van der Waals surface area contributed by atoms with Gasteiger partial charge in [0.15, 0.2) is 0 Å². The number of quaternary nitrogens is 1. The number of unbranched alkanes of at least 4 members (excludes halogenated alkanes) is 4. The lowest BCUT2D eigenvalue weighted by molar-refractivity contribution is -0.628. The van der Waals surface area contributed by atoms with Gasteiger partial charge in [-0.25, -0.2) is 5.01 Å². The van der Waals surface area contributed by atoms with Crippen molar-refractivity contribution in [2.24, 2.45) is 0 Å². The molecule has 7 heteroatoms. The molecule has 0 aliphatic carbocycles. The van der Waals surface area contributed by atoms with E-state index in [1.807, 2.05) is 0 Å². The van der Waals surface area contributed by atoms with Crippen LogP contribution in [0.2, 0.25) is 0 Å². The van der Waals surface area contributed by atoms with Crippen LogP contribution in [0.5, 0.6) is 0 Å². The van der Waals surface area contributed by atoms with E-state index in [0.717, 1.165) is 6.54 Å². The summed E-state index contributed by atoms with van der Waals surface area (Å²) >= 11 is 0. The van der Waals surface area contributed by atoms with Crippen LogP contribution in [0.15, 0.2) is 152 Å². The van der Waals surface area contributed by atoms with Crippen molar-refractivity contribution in [1.82, 2.24) is 0 Å². The summed E-state index contributed by atoms with van der Waals surface area (Å²) in [6, 6.07) is 55.8. The summed E-state index contributed by atoms with van der Waals surface area (Å²) in [5, 5.41) is 5.46. The lowest BCUT2D eigenvalue weighted by Gasteiger charge is -2.52. The van der Waals surface area contributed by atoms with Crippen molar-refractivity contribution in [2.45, 2.75) is 39.0 Å². The number of nitrogens with zero attached hydrogens (tertiary/aromatic N) is 3. The van der Waals surface area contributed by atoms with Crippen molar-refractivity contribution < 1.29 is 4.55 Å². The predicted molar refractivity (Wildman–Crippen MR) is 196 cm³/mol. The van der Waals surface area contributed by atoms with Gasteiger partial charge in [-0.05, 0) is 55.0 Å². The zero-order valence-electron chi connectivity index (χ0n) is 25.4. The van der Waals surface area contributed by atoms with Gasteiger partial charge in [0.05, 0.1) is 28.9 Å². The first-order valence-electron chi connectivity index (χ1n) is 15.7. The summed E-state index contributed by atoms with van der Waals surface area (Å²) < 4.78 is 7.01. The van der Waals surface area contributed by atoms with Gasteiger partial charge < -0.3 is 0 Å². The van der Waals surface area contributed by atoms with Gasteiger partial charge in [0.25, 0.3) is 8.22 Å². The molecule has 0 aromatic heterocycles. The largest absolute Gasteiger partial charge is 0.278 e.